The van der Waals surface area contributed by atoms with E-state index >= 15 is 0 Å². The highest BCUT2D eigenvalue weighted by molar-refractivity contribution is 14.0. The first kappa shape index (κ1) is 25.2. The second kappa shape index (κ2) is 12.7. The number of guanidine groups is 1. The van der Waals surface area contributed by atoms with Gasteiger partial charge < -0.3 is 15.2 Å². The fourth-order valence-electron chi connectivity index (χ4n) is 4.31. The van der Waals surface area contributed by atoms with Crippen molar-refractivity contribution >= 4 is 29.9 Å². The second-order valence-electron chi connectivity index (χ2n) is 8.69. The summed E-state index contributed by atoms with van der Waals surface area (Å²) in [6, 6.07) is 22.0. The molecule has 0 amide bonds. The third-order valence-corrected chi connectivity index (χ3v) is 6.37. The molecule has 3 aromatic rings. The molecular formula is C26H35IN6. The first-order valence-electron chi connectivity index (χ1n) is 11.7. The van der Waals surface area contributed by atoms with Gasteiger partial charge in [-0.25, -0.2) is 4.99 Å². The summed E-state index contributed by atoms with van der Waals surface area (Å²) in [4.78, 5) is 4.88. The van der Waals surface area contributed by atoms with Crippen molar-refractivity contribution in [3.8, 4) is 0 Å². The summed E-state index contributed by atoms with van der Waals surface area (Å²) < 4.78 is 2.00. The zero-order valence-electron chi connectivity index (χ0n) is 19.6. The van der Waals surface area contributed by atoms with Gasteiger partial charge in [-0.15, -0.1) is 34.2 Å². The number of aromatic nitrogens is 3. The average Bonchev–Trinajstić information content (AvgIpc) is 3.46. The third-order valence-electron chi connectivity index (χ3n) is 6.37. The number of hydrogen-bond donors (Lipinski definition) is 2. The van der Waals surface area contributed by atoms with E-state index in [9.17, 15) is 0 Å². The molecule has 0 saturated heterocycles. The van der Waals surface area contributed by atoms with Crippen molar-refractivity contribution in [1.29, 1.82) is 0 Å². The van der Waals surface area contributed by atoms with Gasteiger partial charge in [-0.05, 0) is 37.3 Å². The van der Waals surface area contributed by atoms with Crippen LogP contribution in [0.5, 0.6) is 0 Å². The van der Waals surface area contributed by atoms with Crippen molar-refractivity contribution in [2.75, 3.05) is 6.54 Å². The second-order valence-corrected chi connectivity index (χ2v) is 8.69. The molecule has 1 aromatic heterocycles. The van der Waals surface area contributed by atoms with E-state index in [1.807, 2.05) is 18.5 Å². The molecule has 2 N–H and O–H groups in total. The Labute approximate surface area is 214 Å². The van der Waals surface area contributed by atoms with Crippen molar-refractivity contribution < 1.29 is 0 Å². The van der Waals surface area contributed by atoms with Gasteiger partial charge in [0.1, 0.15) is 12.4 Å². The lowest BCUT2D eigenvalue weighted by molar-refractivity contribution is 0.592. The molecule has 1 aliphatic carbocycles. The van der Waals surface area contributed by atoms with E-state index in [1.54, 1.807) is 0 Å². The molecule has 6 nitrogen and oxygen atoms in total. The molecule has 1 fully saturated rings. The van der Waals surface area contributed by atoms with Gasteiger partial charge in [0.25, 0.3) is 0 Å². The zero-order chi connectivity index (χ0) is 22.2. The van der Waals surface area contributed by atoms with Crippen LogP contribution in [0, 0.1) is 6.92 Å². The maximum Gasteiger partial charge on any atom is 0.191 e. The maximum atomic E-state index is 4.88. The molecule has 1 unspecified atom stereocenters. The number of hydrogen-bond acceptors (Lipinski definition) is 3. The number of aryl methyl sites for hydroxylation is 1. The summed E-state index contributed by atoms with van der Waals surface area (Å²) in [7, 11) is 1.99. The van der Waals surface area contributed by atoms with Crippen LogP contribution < -0.4 is 10.6 Å². The molecule has 33 heavy (non-hydrogen) atoms. The molecule has 0 aliphatic heterocycles. The molecule has 1 aliphatic rings. The highest BCUT2D eigenvalue weighted by Crippen LogP contribution is 2.21. The third kappa shape index (κ3) is 7.28. The molecule has 1 heterocycles. The Bertz CT molecular complexity index is 996. The lowest BCUT2D eigenvalue weighted by atomic mass is 9.92. The lowest BCUT2D eigenvalue weighted by Crippen LogP contribution is -2.44. The molecule has 0 radical (unpaired) electrons. The molecule has 0 spiro atoms. The van der Waals surface area contributed by atoms with Crippen molar-refractivity contribution in [3.05, 3.63) is 83.4 Å². The van der Waals surface area contributed by atoms with Crippen molar-refractivity contribution in [2.24, 2.45) is 12.0 Å². The van der Waals surface area contributed by atoms with Gasteiger partial charge in [-0.3, -0.25) is 0 Å². The van der Waals surface area contributed by atoms with Crippen LogP contribution in [0.2, 0.25) is 0 Å². The molecule has 7 heteroatoms. The minimum Gasteiger partial charge on any atom is -0.356 e. The molecule has 1 saturated carbocycles. The Hall–Kier alpha value is -2.42. The first-order chi connectivity index (χ1) is 15.7. The predicted octanol–water partition coefficient (Wildman–Crippen LogP) is 4.75. The van der Waals surface area contributed by atoms with Crippen molar-refractivity contribution in [1.82, 2.24) is 25.4 Å². The topological polar surface area (TPSA) is 67.1 Å². The lowest BCUT2D eigenvalue weighted by Gasteiger charge is -2.22. The number of rotatable bonds is 8. The number of aliphatic imine (C=N–C) groups is 1. The standard InChI is InChI=1S/C26H34N6.HI/c1-20-30-31-25(32(20)2)19-28-26(29-24-15-9-10-16-24)27-18-23(22-13-7-4-8-14-22)17-21-11-5-3-6-12-21;/h3-8,11-14,23-24H,9-10,15-19H2,1-2H3,(H2,27,28,29);1H. The molecule has 176 valence electrons. The summed E-state index contributed by atoms with van der Waals surface area (Å²) in [5.74, 6) is 3.00. The normalized spacial score (nSPS) is 15.2. The van der Waals surface area contributed by atoms with E-state index < -0.39 is 0 Å². The molecular weight excluding hydrogens is 523 g/mol. The van der Waals surface area contributed by atoms with E-state index in [1.165, 1.54) is 36.8 Å². The van der Waals surface area contributed by atoms with Crippen molar-refractivity contribution in [3.63, 3.8) is 0 Å². The van der Waals surface area contributed by atoms with Crippen LogP contribution in [0.4, 0.5) is 0 Å². The summed E-state index contributed by atoms with van der Waals surface area (Å²) in [6.07, 6.45) is 5.96. The Morgan fingerprint density at radius 1 is 1.03 bits per heavy atom. The van der Waals surface area contributed by atoms with Crippen LogP contribution in [-0.4, -0.2) is 33.3 Å². The summed E-state index contributed by atoms with van der Waals surface area (Å²) >= 11 is 0. The average molecular weight is 559 g/mol. The van der Waals surface area contributed by atoms with E-state index in [4.69, 9.17) is 4.99 Å². The quantitative estimate of drug-likeness (QED) is 0.238. The van der Waals surface area contributed by atoms with E-state index in [0.29, 0.717) is 18.5 Å². The molecule has 0 bridgehead atoms. The highest BCUT2D eigenvalue weighted by Gasteiger charge is 2.18. The van der Waals surface area contributed by atoms with Gasteiger partial charge in [0, 0.05) is 25.6 Å². The summed E-state index contributed by atoms with van der Waals surface area (Å²) in [5.41, 5.74) is 2.69. The van der Waals surface area contributed by atoms with Gasteiger partial charge in [0.05, 0.1) is 0 Å². The monoisotopic (exact) mass is 558 g/mol. The largest absolute Gasteiger partial charge is 0.356 e. The fourth-order valence-corrected chi connectivity index (χ4v) is 4.31. The van der Waals surface area contributed by atoms with Crippen molar-refractivity contribution in [2.45, 2.75) is 57.5 Å². The van der Waals surface area contributed by atoms with Crippen LogP contribution in [0.25, 0.3) is 0 Å². The number of benzene rings is 2. The summed E-state index contributed by atoms with van der Waals surface area (Å²) in [6.45, 7) is 3.29. The molecule has 4 rings (SSSR count). The van der Waals surface area contributed by atoms with Crippen LogP contribution in [-0.2, 0) is 20.0 Å². The smallest absolute Gasteiger partial charge is 0.191 e. The van der Waals surface area contributed by atoms with Crippen LogP contribution in [0.3, 0.4) is 0 Å². The predicted molar refractivity (Wildman–Crippen MR) is 145 cm³/mol. The van der Waals surface area contributed by atoms with Crippen LogP contribution in [0.15, 0.2) is 65.7 Å². The summed E-state index contributed by atoms with van der Waals surface area (Å²) in [5, 5.41) is 15.7. The Balaban J connectivity index is 0.00000306. The number of halogens is 1. The molecule has 2 aromatic carbocycles. The van der Waals surface area contributed by atoms with Gasteiger partial charge in [-0.2, -0.15) is 0 Å². The first-order valence-corrected chi connectivity index (χ1v) is 11.7. The SMILES string of the molecule is Cc1nnc(CN=C(NCC(Cc2ccccc2)c2ccccc2)NC2CCCC2)n1C.I. The van der Waals surface area contributed by atoms with Gasteiger partial charge in [0.2, 0.25) is 0 Å². The van der Waals surface area contributed by atoms with E-state index in [0.717, 1.165) is 30.6 Å². The molecule has 1 atom stereocenters. The minimum atomic E-state index is 0. The Kier molecular flexibility index (Phi) is 9.72. The van der Waals surface area contributed by atoms with Gasteiger partial charge >= 0.3 is 0 Å². The number of nitrogens with one attached hydrogen (secondary N) is 2. The zero-order valence-corrected chi connectivity index (χ0v) is 21.9. The highest BCUT2D eigenvalue weighted by atomic mass is 127. The maximum absolute atomic E-state index is 4.88. The fraction of sp³-hybridized carbons (Fsp3) is 0.423. The van der Waals surface area contributed by atoms with Gasteiger partial charge in [-0.1, -0.05) is 73.5 Å². The van der Waals surface area contributed by atoms with Crippen LogP contribution >= 0.6 is 24.0 Å². The van der Waals surface area contributed by atoms with Gasteiger partial charge in [0.15, 0.2) is 11.8 Å². The number of nitrogens with zero attached hydrogens (tertiary/aromatic N) is 4. The Morgan fingerprint density at radius 3 is 2.33 bits per heavy atom. The van der Waals surface area contributed by atoms with E-state index in [-0.39, 0.29) is 24.0 Å². The minimum absolute atomic E-state index is 0. The van der Waals surface area contributed by atoms with E-state index in [2.05, 4.69) is 81.5 Å². The van der Waals surface area contributed by atoms with Crippen LogP contribution in [0.1, 0.15) is 54.4 Å². The Morgan fingerprint density at radius 2 is 1.70 bits per heavy atom.